The van der Waals surface area contributed by atoms with Crippen LogP contribution in [0.15, 0.2) is 30.5 Å². The highest BCUT2D eigenvalue weighted by Gasteiger charge is 2.33. The Morgan fingerprint density at radius 2 is 2.16 bits per heavy atom. The van der Waals surface area contributed by atoms with E-state index in [4.69, 9.17) is 0 Å². The van der Waals surface area contributed by atoms with Crippen molar-refractivity contribution in [1.29, 1.82) is 0 Å². The Hall–Kier alpha value is -1.68. The van der Waals surface area contributed by atoms with E-state index in [0.717, 1.165) is 36.9 Å². The molecule has 0 bridgehead atoms. The summed E-state index contributed by atoms with van der Waals surface area (Å²) in [4.78, 5) is 0. The number of hydrogen-bond donors (Lipinski definition) is 1. The van der Waals surface area contributed by atoms with Crippen LogP contribution >= 0.6 is 0 Å². The van der Waals surface area contributed by atoms with E-state index in [-0.39, 0.29) is 0 Å². The van der Waals surface area contributed by atoms with Crippen LogP contribution in [0, 0.1) is 0 Å². The molecule has 3 rings (SSSR count). The molecule has 1 atom stereocenters. The summed E-state index contributed by atoms with van der Waals surface area (Å²) in [5.74, 6) is 0. The van der Waals surface area contributed by atoms with Gasteiger partial charge in [0.1, 0.15) is 0 Å². The fraction of sp³-hybridized carbons (Fsp3) is 0.467. The normalized spacial score (nSPS) is 22.8. The average molecular weight is 257 g/mol. The first-order chi connectivity index (χ1) is 9.17. The molecule has 1 unspecified atom stereocenters. The molecule has 0 radical (unpaired) electrons. The van der Waals surface area contributed by atoms with Gasteiger partial charge < -0.3 is 5.11 Å². The number of benzene rings is 1. The van der Waals surface area contributed by atoms with E-state index in [1.165, 1.54) is 5.56 Å². The number of aryl methyl sites for hydroxylation is 2. The first-order valence-electron chi connectivity index (χ1n) is 6.83. The van der Waals surface area contributed by atoms with Crippen LogP contribution in [-0.4, -0.2) is 20.1 Å². The molecule has 2 aromatic rings. The van der Waals surface area contributed by atoms with Crippen molar-refractivity contribution in [2.24, 2.45) is 7.05 Å². The standard InChI is InChI=1S/C15H19N3O/c1-18-11-13(16-17-18)10-15(19)9-5-4-7-12-6-2-3-8-14(12)15/h2-3,6,8,11,19H,4-5,7,9-10H2,1H3. The molecule has 1 aromatic heterocycles. The van der Waals surface area contributed by atoms with Crippen molar-refractivity contribution in [3.63, 3.8) is 0 Å². The average Bonchev–Trinajstić information content (AvgIpc) is 2.72. The summed E-state index contributed by atoms with van der Waals surface area (Å²) < 4.78 is 1.68. The molecule has 100 valence electrons. The second kappa shape index (κ2) is 4.78. The molecule has 0 amide bonds. The molecule has 1 aliphatic carbocycles. The molecule has 0 aliphatic heterocycles. The zero-order valence-corrected chi connectivity index (χ0v) is 11.2. The topological polar surface area (TPSA) is 50.9 Å². The van der Waals surface area contributed by atoms with E-state index in [1.807, 2.05) is 25.4 Å². The van der Waals surface area contributed by atoms with Crippen molar-refractivity contribution in [1.82, 2.24) is 15.0 Å². The Bertz CT molecular complexity index is 578. The van der Waals surface area contributed by atoms with Crippen LogP contribution in [0.3, 0.4) is 0 Å². The van der Waals surface area contributed by atoms with Crippen LogP contribution in [0.1, 0.15) is 36.1 Å². The number of nitrogens with zero attached hydrogens (tertiary/aromatic N) is 3. The predicted molar refractivity (Wildman–Crippen MR) is 72.6 cm³/mol. The summed E-state index contributed by atoms with van der Waals surface area (Å²) in [5.41, 5.74) is 2.38. The summed E-state index contributed by atoms with van der Waals surface area (Å²) in [7, 11) is 1.85. The van der Waals surface area contributed by atoms with E-state index in [9.17, 15) is 5.11 Å². The van der Waals surface area contributed by atoms with E-state index >= 15 is 0 Å². The number of aliphatic hydroxyl groups is 1. The molecular formula is C15H19N3O. The fourth-order valence-electron chi connectivity index (χ4n) is 3.02. The second-order valence-corrected chi connectivity index (χ2v) is 5.46. The van der Waals surface area contributed by atoms with Crippen molar-refractivity contribution in [2.45, 2.75) is 37.7 Å². The van der Waals surface area contributed by atoms with Crippen LogP contribution in [0.25, 0.3) is 0 Å². The lowest BCUT2D eigenvalue weighted by Gasteiger charge is -2.28. The molecule has 4 nitrogen and oxygen atoms in total. The maximum absolute atomic E-state index is 11.1. The van der Waals surface area contributed by atoms with E-state index in [2.05, 4.69) is 22.4 Å². The van der Waals surface area contributed by atoms with Crippen LogP contribution in [0.2, 0.25) is 0 Å². The lowest BCUT2D eigenvalue weighted by atomic mass is 9.84. The summed E-state index contributed by atoms with van der Waals surface area (Å²) in [6.45, 7) is 0. The molecule has 19 heavy (non-hydrogen) atoms. The minimum Gasteiger partial charge on any atom is -0.385 e. The Kier molecular flexibility index (Phi) is 3.11. The maximum atomic E-state index is 11.1. The van der Waals surface area contributed by atoms with Crippen LogP contribution < -0.4 is 0 Å². The number of hydrogen-bond acceptors (Lipinski definition) is 3. The minimum absolute atomic E-state index is 0.540. The number of rotatable bonds is 2. The molecule has 1 heterocycles. The molecule has 0 fully saturated rings. The van der Waals surface area contributed by atoms with Gasteiger partial charge in [0, 0.05) is 19.7 Å². The van der Waals surface area contributed by atoms with Gasteiger partial charge in [-0.05, 0) is 36.8 Å². The zero-order valence-electron chi connectivity index (χ0n) is 11.2. The summed E-state index contributed by atoms with van der Waals surface area (Å²) in [6.07, 6.45) is 6.45. The van der Waals surface area contributed by atoms with Crippen LogP contribution in [-0.2, 0) is 25.5 Å². The van der Waals surface area contributed by atoms with Gasteiger partial charge in [0.25, 0.3) is 0 Å². The van der Waals surface area contributed by atoms with Gasteiger partial charge in [-0.1, -0.05) is 29.5 Å². The highest BCUT2D eigenvalue weighted by molar-refractivity contribution is 5.34. The predicted octanol–water partition coefficient (Wildman–Crippen LogP) is 1.97. The SMILES string of the molecule is Cn1cc(CC2(O)CCCCc3ccccc32)nn1. The summed E-state index contributed by atoms with van der Waals surface area (Å²) >= 11 is 0. The van der Waals surface area contributed by atoms with Crippen molar-refractivity contribution >= 4 is 0 Å². The monoisotopic (exact) mass is 257 g/mol. The molecule has 0 saturated heterocycles. The molecule has 4 heteroatoms. The van der Waals surface area contributed by atoms with Crippen molar-refractivity contribution in [3.05, 3.63) is 47.3 Å². The largest absolute Gasteiger partial charge is 0.385 e. The lowest BCUT2D eigenvalue weighted by Crippen LogP contribution is -2.29. The molecule has 1 N–H and O–H groups in total. The molecule has 0 spiro atoms. The van der Waals surface area contributed by atoms with E-state index in [1.54, 1.807) is 4.68 Å². The highest BCUT2D eigenvalue weighted by atomic mass is 16.3. The van der Waals surface area contributed by atoms with Crippen LogP contribution in [0.5, 0.6) is 0 Å². The smallest absolute Gasteiger partial charge is 0.0955 e. The van der Waals surface area contributed by atoms with Crippen molar-refractivity contribution in [3.8, 4) is 0 Å². The van der Waals surface area contributed by atoms with Gasteiger partial charge in [-0.25, -0.2) is 0 Å². The first-order valence-corrected chi connectivity index (χ1v) is 6.83. The third-order valence-corrected chi connectivity index (χ3v) is 3.93. The third kappa shape index (κ3) is 2.40. The quantitative estimate of drug-likeness (QED) is 0.837. The lowest BCUT2D eigenvalue weighted by molar-refractivity contribution is 0.0262. The molecule has 1 aromatic carbocycles. The van der Waals surface area contributed by atoms with Gasteiger partial charge in [-0.15, -0.1) is 5.10 Å². The van der Waals surface area contributed by atoms with Gasteiger partial charge in [-0.3, -0.25) is 4.68 Å². The second-order valence-electron chi connectivity index (χ2n) is 5.46. The Balaban J connectivity index is 1.97. The van der Waals surface area contributed by atoms with Crippen molar-refractivity contribution < 1.29 is 5.11 Å². The Morgan fingerprint density at radius 3 is 2.95 bits per heavy atom. The van der Waals surface area contributed by atoms with Crippen molar-refractivity contribution in [2.75, 3.05) is 0 Å². The number of fused-ring (bicyclic) bond motifs is 1. The fourth-order valence-corrected chi connectivity index (χ4v) is 3.02. The number of aromatic nitrogens is 3. The van der Waals surface area contributed by atoms with Gasteiger partial charge in [0.05, 0.1) is 11.3 Å². The summed E-state index contributed by atoms with van der Waals surface area (Å²) in [6, 6.07) is 8.23. The molecule has 1 aliphatic rings. The third-order valence-electron chi connectivity index (χ3n) is 3.93. The van der Waals surface area contributed by atoms with E-state index < -0.39 is 5.60 Å². The van der Waals surface area contributed by atoms with E-state index in [0.29, 0.717) is 6.42 Å². The zero-order chi connectivity index (χ0) is 13.3. The van der Waals surface area contributed by atoms with Gasteiger partial charge in [-0.2, -0.15) is 0 Å². The summed E-state index contributed by atoms with van der Waals surface area (Å²) in [5, 5.41) is 19.1. The Labute approximate surface area is 113 Å². The van der Waals surface area contributed by atoms with Gasteiger partial charge in [0.15, 0.2) is 0 Å². The van der Waals surface area contributed by atoms with Crippen LogP contribution in [0.4, 0.5) is 0 Å². The molecular weight excluding hydrogens is 238 g/mol. The highest BCUT2D eigenvalue weighted by Crippen LogP contribution is 2.36. The Morgan fingerprint density at radius 1 is 1.32 bits per heavy atom. The maximum Gasteiger partial charge on any atom is 0.0955 e. The molecule has 0 saturated carbocycles. The van der Waals surface area contributed by atoms with Gasteiger partial charge >= 0.3 is 0 Å². The minimum atomic E-state index is -0.802. The van der Waals surface area contributed by atoms with Gasteiger partial charge in [0.2, 0.25) is 0 Å². The first kappa shape index (κ1) is 12.4.